The van der Waals surface area contributed by atoms with Crippen LogP contribution in [0.5, 0.6) is 11.5 Å². The summed E-state index contributed by atoms with van der Waals surface area (Å²) in [4.78, 5) is 0. The van der Waals surface area contributed by atoms with Crippen molar-refractivity contribution in [3.63, 3.8) is 0 Å². The molecule has 4 nitrogen and oxygen atoms in total. The molecule has 0 spiro atoms. The van der Waals surface area contributed by atoms with Gasteiger partial charge in [-0.2, -0.15) is 0 Å². The lowest BCUT2D eigenvalue weighted by atomic mass is 10.0. The van der Waals surface area contributed by atoms with Crippen molar-refractivity contribution < 1.29 is 14.2 Å². The van der Waals surface area contributed by atoms with Crippen LogP contribution in [0.2, 0.25) is 0 Å². The average molecular weight is 237 g/mol. The molecule has 1 aliphatic heterocycles. The van der Waals surface area contributed by atoms with E-state index in [-0.39, 0.29) is 0 Å². The van der Waals surface area contributed by atoms with Crippen LogP contribution in [0.15, 0.2) is 12.1 Å². The standard InChI is InChI=1S/C13H19NO3/c1-15-9-11-5-4-10(3-2-6-14)12-13(11)17-8-7-16-12/h4-5H,2-3,6-9,14H2,1H3. The highest BCUT2D eigenvalue weighted by atomic mass is 16.6. The minimum absolute atomic E-state index is 0.545. The fourth-order valence-electron chi connectivity index (χ4n) is 2.01. The Hall–Kier alpha value is -1.26. The lowest BCUT2D eigenvalue weighted by Crippen LogP contribution is -2.18. The van der Waals surface area contributed by atoms with E-state index in [1.165, 1.54) is 5.56 Å². The molecular weight excluding hydrogens is 218 g/mol. The third kappa shape index (κ3) is 2.70. The summed E-state index contributed by atoms with van der Waals surface area (Å²) in [6.07, 6.45) is 1.88. The number of benzene rings is 1. The van der Waals surface area contributed by atoms with E-state index in [1.807, 2.05) is 6.07 Å². The topological polar surface area (TPSA) is 53.7 Å². The molecule has 0 bridgehead atoms. The molecule has 0 atom stereocenters. The Bertz CT molecular complexity index is 379. The number of fused-ring (bicyclic) bond motifs is 1. The van der Waals surface area contributed by atoms with Crippen LogP contribution in [0.1, 0.15) is 17.5 Å². The highest BCUT2D eigenvalue weighted by molar-refractivity contribution is 5.52. The van der Waals surface area contributed by atoms with Gasteiger partial charge in [-0.25, -0.2) is 0 Å². The molecule has 4 heteroatoms. The number of aryl methyl sites for hydroxylation is 1. The van der Waals surface area contributed by atoms with E-state index in [9.17, 15) is 0 Å². The maximum atomic E-state index is 5.72. The highest BCUT2D eigenvalue weighted by Gasteiger charge is 2.19. The molecule has 0 aromatic heterocycles. The number of hydrogen-bond acceptors (Lipinski definition) is 4. The van der Waals surface area contributed by atoms with E-state index in [4.69, 9.17) is 19.9 Å². The number of nitrogens with two attached hydrogens (primary N) is 1. The summed E-state index contributed by atoms with van der Waals surface area (Å²) in [5.74, 6) is 1.71. The predicted molar refractivity (Wildman–Crippen MR) is 65.5 cm³/mol. The van der Waals surface area contributed by atoms with E-state index in [1.54, 1.807) is 7.11 Å². The van der Waals surface area contributed by atoms with Crippen LogP contribution < -0.4 is 15.2 Å². The van der Waals surface area contributed by atoms with Gasteiger partial charge in [0.1, 0.15) is 13.2 Å². The minimum Gasteiger partial charge on any atom is -0.486 e. The minimum atomic E-state index is 0.545. The molecule has 1 aromatic rings. The van der Waals surface area contributed by atoms with Crippen molar-refractivity contribution >= 4 is 0 Å². The second-order valence-corrected chi connectivity index (χ2v) is 4.06. The monoisotopic (exact) mass is 237 g/mol. The van der Waals surface area contributed by atoms with Crippen LogP contribution in [-0.4, -0.2) is 26.9 Å². The zero-order chi connectivity index (χ0) is 12.1. The van der Waals surface area contributed by atoms with Crippen LogP contribution in [0.25, 0.3) is 0 Å². The van der Waals surface area contributed by atoms with E-state index >= 15 is 0 Å². The van der Waals surface area contributed by atoms with Gasteiger partial charge in [0.25, 0.3) is 0 Å². The summed E-state index contributed by atoms with van der Waals surface area (Å²) in [5.41, 5.74) is 7.75. The van der Waals surface area contributed by atoms with Gasteiger partial charge in [0.15, 0.2) is 11.5 Å². The van der Waals surface area contributed by atoms with Gasteiger partial charge < -0.3 is 19.9 Å². The fourth-order valence-corrected chi connectivity index (χ4v) is 2.01. The van der Waals surface area contributed by atoms with Crippen molar-refractivity contribution in [2.45, 2.75) is 19.4 Å². The van der Waals surface area contributed by atoms with Gasteiger partial charge in [-0.15, -0.1) is 0 Å². The van der Waals surface area contributed by atoms with Crippen molar-refractivity contribution in [1.82, 2.24) is 0 Å². The Kier molecular flexibility index (Phi) is 4.23. The van der Waals surface area contributed by atoms with Gasteiger partial charge in [-0.3, -0.25) is 0 Å². The molecule has 0 saturated heterocycles. The molecule has 2 N–H and O–H groups in total. The summed E-state index contributed by atoms with van der Waals surface area (Å²) >= 11 is 0. The van der Waals surface area contributed by atoms with Crippen LogP contribution in [0.4, 0.5) is 0 Å². The molecule has 2 rings (SSSR count). The molecular formula is C13H19NO3. The molecule has 0 radical (unpaired) electrons. The maximum Gasteiger partial charge on any atom is 0.167 e. The zero-order valence-electron chi connectivity index (χ0n) is 10.2. The third-order valence-corrected chi connectivity index (χ3v) is 2.80. The van der Waals surface area contributed by atoms with Crippen molar-refractivity contribution in [3.05, 3.63) is 23.3 Å². The first kappa shape index (κ1) is 12.2. The van der Waals surface area contributed by atoms with Crippen molar-refractivity contribution in [2.24, 2.45) is 5.73 Å². The Labute approximate surface area is 102 Å². The molecule has 1 heterocycles. The SMILES string of the molecule is COCc1ccc(CCCN)c2c1OCCO2. The smallest absolute Gasteiger partial charge is 0.167 e. The third-order valence-electron chi connectivity index (χ3n) is 2.80. The van der Waals surface area contributed by atoms with Gasteiger partial charge in [0.05, 0.1) is 6.61 Å². The predicted octanol–water partition coefficient (Wildman–Crippen LogP) is 1.50. The second kappa shape index (κ2) is 5.89. The van der Waals surface area contributed by atoms with Crippen LogP contribution in [0, 0.1) is 0 Å². The maximum absolute atomic E-state index is 5.72. The van der Waals surface area contributed by atoms with Crippen molar-refractivity contribution in [1.29, 1.82) is 0 Å². The molecule has 1 aliphatic rings. The lowest BCUT2D eigenvalue weighted by molar-refractivity contribution is 0.152. The summed E-state index contributed by atoms with van der Waals surface area (Å²) in [6.45, 7) is 2.45. The molecule has 94 valence electrons. The van der Waals surface area contributed by atoms with E-state index in [0.717, 1.165) is 29.9 Å². The Morgan fingerprint density at radius 1 is 1.18 bits per heavy atom. The summed E-state index contributed by atoms with van der Waals surface area (Å²) in [7, 11) is 1.68. The van der Waals surface area contributed by atoms with E-state index in [0.29, 0.717) is 26.4 Å². The van der Waals surface area contributed by atoms with Gasteiger partial charge in [0.2, 0.25) is 0 Å². The molecule has 17 heavy (non-hydrogen) atoms. The molecule has 0 amide bonds. The number of methoxy groups -OCH3 is 1. The summed E-state index contributed by atoms with van der Waals surface area (Å²) in [5, 5.41) is 0. The molecule has 0 fully saturated rings. The summed E-state index contributed by atoms with van der Waals surface area (Å²) < 4.78 is 16.6. The Balaban J connectivity index is 2.29. The number of ether oxygens (including phenoxy) is 3. The molecule has 0 aliphatic carbocycles. The highest BCUT2D eigenvalue weighted by Crippen LogP contribution is 2.38. The lowest BCUT2D eigenvalue weighted by Gasteiger charge is -2.23. The first-order chi connectivity index (χ1) is 8.36. The van der Waals surface area contributed by atoms with Gasteiger partial charge >= 0.3 is 0 Å². The first-order valence-corrected chi connectivity index (χ1v) is 5.96. The van der Waals surface area contributed by atoms with Crippen molar-refractivity contribution in [3.8, 4) is 11.5 Å². The van der Waals surface area contributed by atoms with E-state index < -0.39 is 0 Å². The van der Waals surface area contributed by atoms with Gasteiger partial charge in [-0.05, 0) is 24.9 Å². The van der Waals surface area contributed by atoms with Crippen LogP contribution in [0.3, 0.4) is 0 Å². The Morgan fingerprint density at radius 3 is 2.47 bits per heavy atom. The first-order valence-electron chi connectivity index (χ1n) is 5.96. The largest absolute Gasteiger partial charge is 0.486 e. The average Bonchev–Trinajstić information content (AvgIpc) is 2.38. The van der Waals surface area contributed by atoms with E-state index in [2.05, 4.69) is 6.07 Å². The summed E-state index contributed by atoms with van der Waals surface area (Å²) in [6, 6.07) is 4.13. The molecule has 0 saturated carbocycles. The molecule has 1 aromatic carbocycles. The number of rotatable bonds is 5. The Morgan fingerprint density at radius 2 is 1.82 bits per heavy atom. The van der Waals surface area contributed by atoms with Gasteiger partial charge in [-0.1, -0.05) is 12.1 Å². The quantitative estimate of drug-likeness (QED) is 0.843. The second-order valence-electron chi connectivity index (χ2n) is 4.06. The zero-order valence-corrected chi connectivity index (χ0v) is 10.2. The molecule has 0 unspecified atom stereocenters. The van der Waals surface area contributed by atoms with Crippen LogP contribution >= 0.6 is 0 Å². The van der Waals surface area contributed by atoms with Crippen LogP contribution in [-0.2, 0) is 17.8 Å². The normalized spacial score (nSPS) is 13.8. The van der Waals surface area contributed by atoms with Gasteiger partial charge in [0, 0.05) is 12.7 Å². The van der Waals surface area contributed by atoms with Crippen molar-refractivity contribution in [2.75, 3.05) is 26.9 Å². The number of hydrogen-bond donors (Lipinski definition) is 1. The fraction of sp³-hybridized carbons (Fsp3) is 0.538.